The molecule has 106 valence electrons. The number of benzene rings is 1. The van der Waals surface area contributed by atoms with Crippen molar-refractivity contribution in [1.29, 1.82) is 0 Å². The molecule has 2 unspecified atom stereocenters. The van der Waals surface area contributed by atoms with Crippen molar-refractivity contribution in [1.82, 2.24) is 0 Å². The molecule has 0 bridgehead atoms. The van der Waals surface area contributed by atoms with Crippen molar-refractivity contribution in [2.45, 2.75) is 71.0 Å². The van der Waals surface area contributed by atoms with E-state index < -0.39 is 0 Å². The average molecular weight is 262 g/mol. The molecule has 1 N–H and O–H groups in total. The second-order valence-electron chi connectivity index (χ2n) is 6.79. The normalized spacial score (nSPS) is 24.3. The minimum atomic E-state index is -0.187. The van der Waals surface area contributed by atoms with Crippen LogP contribution in [0.5, 0.6) is 5.75 Å². The molecule has 1 aromatic carbocycles. The summed E-state index contributed by atoms with van der Waals surface area (Å²) in [5, 5.41) is 9.70. The highest BCUT2D eigenvalue weighted by atomic mass is 16.5. The predicted molar refractivity (Wildman–Crippen MR) is 78.8 cm³/mol. The molecule has 0 radical (unpaired) electrons. The van der Waals surface area contributed by atoms with E-state index in [1.165, 1.54) is 11.1 Å². The SMILES string of the molecule is Cc1cc(C(C)(C)C)ccc1OC1CCCC(O)C1. The summed E-state index contributed by atoms with van der Waals surface area (Å²) in [5.74, 6) is 0.965. The van der Waals surface area contributed by atoms with E-state index >= 15 is 0 Å². The Morgan fingerprint density at radius 1 is 1.21 bits per heavy atom. The molecule has 0 saturated heterocycles. The summed E-state index contributed by atoms with van der Waals surface area (Å²) in [7, 11) is 0. The fourth-order valence-electron chi connectivity index (χ4n) is 2.66. The number of rotatable bonds is 2. The lowest BCUT2D eigenvalue weighted by Crippen LogP contribution is -2.28. The van der Waals surface area contributed by atoms with Crippen molar-refractivity contribution in [3.63, 3.8) is 0 Å². The van der Waals surface area contributed by atoms with Crippen LogP contribution in [0.3, 0.4) is 0 Å². The van der Waals surface area contributed by atoms with Crippen molar-refractivity contribution in [3.8, 4) is 5.75 Å². The number of aliphatic hydroxyl groups excluding tert-OH is 1. The molecule has 1 aliphatic rings. The Bertz CT molecular complexity index is 431. The molecular formula is C17H26O2. The lowest BCUT2D eigenvalue weighted by Gasteiger charge is -2.28. The molecule has 2 rings (SSSR count). The Labute approximate surface area is 116 Å². The number of aliphatic hydroxyl groups is 1. The van der Waals surface area contributed by atoms with Crippen LogP contribution >= 0.6 is 0 Å². The fourth-order valence-corrected chi connectivity index (χ4v) is 2.66. The Hall–Kier alpha value is -1.02. The van der Waals surface area contributed by atoms with E-state index in [4.69, 9.17) is 4.74 Å². The maximum absolute atomic E-state index is 9.70. The van der Waals surface area contributed by atoms with E-state index in [0.717, 1.165) is 31.4 Å². The fraction of sp³-hybridized carbons (Fsp3) is 0.647. The van der Waals surface area contributed by atoms with Crippen LogP contribution < -0.4 is 4.74 Å². The standard InChI is InChI=1S/C17H26O2/c1-12-10-13(17(2,3)4)8-9-16(12)19-15-7-5-6-14(18)11-15/h8-10,14-15,18H,5-7,11H2,1-4H3. The Morgan fingerprint density at radius 3 is 2.53 bits per heavy atom. The second-order valence-corrected chi connectivity index (χ2v) is 6.79. The van der Waals surface area contributed by atoms with Crippen LogP contribution in [0.4, 0.5) is 0 Å². The van der Waals surface area contributed by atoms with Crippen molar-refractivity contribution < 1.29 is 9.84 Å². The molecule has 2 atom stereocenters. The lowest BCUT2D eigenvalue weighted by molar-refractivity contribution is 0.0533. The quantitative estimate of drug-likeness (QED) is 0.873. The smallest absolute Gasteiger partial charge is 0.122 e. The molecule has 0 amide bonds. The van der Waals surface area contributed by atoms with Crippen LogP contribution in [0, 0.1) is 6.92 Å². The van der Waals surface area contributed by atoms with E-state index in [-0.39, 0.29) is 17.6 Å². The first-order valence-corrected chi connectivity index (χ1v) is 7.32. The van der Waals surface area contributed by atoms with Crippen LogP contribution in [0.1, 0.15) is 57.6 Å². The highest BCUT2D eigenvalue weighted by molar-refractivity contribution is 5.38. The summed E-state index contributed by atoms with van der Waals surface area (Å²) in [6.45, 7) is 8.77. The molecule has 19 heavy (non-hydrogen) atoms. The topological polar surface area (TPSA) is 29.5 Å². The van der Waals surface area contributed by atoms with Gasteiger partial charge in [0.1, 0.15) is 11.9 Å². The van der Waals surface area contributed by atoms with Crippen LogP contribution in [-0.2, 0) is 5.41 Å². The van der Waals surface area contributed by atoms with E-state index in [9.17, 15) is 5.11 Å². The van der Waals surface area contributed by atoms with Crippen molar-refractivity contribution in [2.24, 2.45) is 0 Å². The zero-order chi connectivity index (χ0) is 14.0. The largest absolute Gasteiger partial charge is 0.490 e. The first-order chi connectivity index (χ1) is 8.86. The summed E-state index contributed by atoms with van der Waals surface area (Å²) in [6, 6.07) is 6.45. The van der Waals surface area contributed by atoms with Gasteiger partial charge in [0, 0.05) is 6.42 Å². The summed E-state index contributed by atoms with van der Waals surface area (Å²) < 4.78 is 6.06. The van der Waals surface area contributed by atoms with Crippen LogP contribution in [-0.4, -0.2) is 17.3 Å². The van der Waals surface area contributed by atoms with E-state index in [1.807, 2.05) is 0 Å². The summed E-state index contributed by atoms with van der Waals surface area (Å²) >= 11 is 0. The van der Waals surface area contributed by atoms with Crippen molar-refractivity contribution in [3.05, 3.63) is 29.3 Å². The van der Waals surface area contributed by atoms with Crippen molar-refractivity contribution in [2.75, 3.05) is 0 Å². The van der Waals surface area contributed by atoms with Gasteiger partial charge in [0.15, 0.2) is 0 Å². The van der Waals surface area contributed by atoms with Crippen LogP contribution in [0.25, 0.3) is 0 Å². The first kappa shape index (κ1) is 14.4. The molecule has 1 aliphatic carbocycles. The van der Waals surface area contributed by atoms with Gasteiger partial charge in [-0.3, -0.25) is 0 Å². The highest BCUT2D eigenvalue weighted by Crippen LogP contribution is 2.30. The maximum atomic E-state index is 9.70. The predicted octanol–water partition coefficient (Wildman–Crippen LogP) is 3.97. The zero-order valence-electron chi connectivity index (χ0n) is 12.6. The van der Waals surface area contributed by atoms with Gasteiger partial charge in [0.25, 0.3) is 0 Å². The Balaban J connectivity index is 2.09. The number of aryl methyl sites for hydroxylation is 1. The van der Waals surface area contributed by atoms with Gasteiger partial charge in [0.2, 0.25) is 0 Å². The maximum Gasteiger partial charge on any atom is 0.122 e. The number of hydrogen-bond donors (Lipinski definition) is 1. The second kappa shape index (κ2) is 5.54. The third kappa shape index (κ3) is 3.73. The van der Waals surface area contributed by atoms with Gasteiger partial charge < -0.3 is 9.84 Å². The first-order valence-electron chi connectivity index (χ1n) is 7.32. The monoisotopic (exact) mass is 262 g/mol. The van der Waals surface area contributed by atoms with Gasteiger partial charge in [0.05, 0.1) is 6.10 Å². The van der Waals surface area contributed by atoms with Gasteiger partial charge in [-0.05, 0) is 48.8 Å². The minimum Gasteiger partial charge on any atom is -0.490 e. The molecule has 1 aromatic rings. The summed E-state index contributed by atoms with van der Waals surface area (Å²) in [4.78, 5) is 0. The van der Waals surface area contributed by atoms with Crippen molar-refractivity contribution >= 4 is 0 Å². The van der Waals surface area contributed by atoms with Gasteiger partial charge in [-0.15, -0.1) is 0 Å². The van der Waals surface area contributed by atoms with Gasteiger partial charge in [-0.2, -0.15) is 0 Å². The average Bonchev–Trinajstić information content (AvgIpc) is 2.30. The Kier molecular flexibility index (Phi) is 4.19. The molecule has 0 spiro atoms. The third-order valence-electron chi connectivity index (χ3n) is 3.93. The zero-order valence-corrected chi connectivity index (χ0v) is 12.6. The highest BCUT2D eigenvalue weighted by Gasteiger charge is 2.22. The molecule has 0 heterocycles. The van der Waals surface area contributed by atoms with E-state index in [2.05, 4.69) is 45.9 Å². The minimum absolute atomic E-state index is 0.169. The summed E-state index contributed by atoms with van der Waals surface area (Å²) in [5.41, 5.74) is 2.69. The van der Waals surface area contributed by atoms with Gasteiger partial charge in [-0.1, -0.05) is 32.9 Å². The molecule has 2 heteroatoms. The molecular weight excluding hydrogens is 236 g/mol. The van der Waals surface area contributed by atoms with E-state index in [0.29, 0.717) is 0 Å². The molecule has 1 saturated carbocycles. The lowest BCUT2D eigenvalue weighted by atomic mass is 9.86. The van der Waals surface area contributed by atoms with Gasteiger partial charge >= 0.3 is 0 Å². The third-order valence-corrected chi connectivity index (χ3v) is 3.93. The van der Waals surface area contributed by atoms with E-state index in [1.54, 1.807) is 0 Å². The van der Waals surface area contributed by atoms with Gasteiger partial charge in [-0.25, -0.2) is 0 Å². The Morgan fingerprint density at radius 2 is 1.95 bits per heavy atom. The molecule has 2 nitrogen and oxygen atoms in total. The molecule has 0 aliphatic heterocycles. The number of ether oxygens (including phenoxy) is 1. The number of hydrogen-bond acceptors (Lipinski definition) is 2. The van der Waals surface area contributed by atoms with Crippen LogP contribution in [0.15, 0.2) is 18.2 Å². The summed E-state index contributed by atoms with van der Waals surface area (Å²) in [6.07, 6.45) is 3.78. The molecule has 1 fully saturated rings. The van der Waals surface area contributed by atoms with Crippen LogP contribution in [0.2, 0.25) is 0 Å². The molecule has 0 aromatic heterocycles.